The second kappa shape index (κ2) is 23.6. The first-order chi connectivity index (χ1) is 16.6. The van der Waals surface area contributed by atoms with Crippen LogP contribution in [0.4, 0.5) is 0 Å². The number of unbranched alkanes of at least 4 members (excludes halogenated alkanes) is 11. The molecule has 0 saturated carbocycles. The van der Waals surface area contributed by atoms with Crippen molar-refractivity contribution in [2.24, 2.45) is 0 Å². The normalized spacial score (nSPS) is 11.5. The molecule has 202 valence electrons. The van der Waals surface area contributed by atoms with Crippen molar-refractivity contribution in [2.75, 3.05) is 0 Å². The quantitative estimate of drug-likeness (QED) is 0.102. The van der Waals surface area contributed by atoms with Gasteiger partial charge >= 0.3 is 63.3 Å². The SMILES string of the molecule is C[CH-]Oc1ccccc1CCCCCCCCCCCCCC.O=C(O)CC(C(=O)O)S(=O)(=O)O.[K+]. The first kappa shape index (κ1) is 37.7. The number of ether oxygens (including phenoxy) is 1. The van der Waals surface area contributed by atoms with Gasteiger partial charge in [0.05, 0.1) is 12.2 Å². The Bertz CT molecular complexity index is 814. The molecule has 0 spiro atoms. The Balaban J connectivity index is 0. The van der Waals surface area contributed by atoms with Gasteiger partial charge in [0.1, 0.15) is 0 Å². The van der Waals surface area contributed by atoms with E-state index in [1.165, 1.54) is 82.6 Å². The first-order valence-electron chi connectivity index (χ1n) is 12.6. The molecule has 1 rings (SSSR count). The Hall–Kier alpha value is -0.494. The molecule has 0 aromatic heterocycles. The third-order valence-corrected chi connectivity index (χ3v) is 6.60. The van der Waals surface area contributed by atoms with Crippen LogP contribution in [0.2, 0.25) is 0 Å². The summed E-state index contributed by atoms with van der Waals surface area (Å²) in [5.41, 5.74) is 1.35. The van der Waals surface area contributed by atoms with Crippen LogP contribution >= 0.6 is 0 Å². The average molecular weight is 555 g/mol. The number of rotatable bonds is 19. The number of aliphatic carboxylic acids is 2. The van der Waals surface area contributed by atoms with Crippen molar-refractivity contribution in [3.63, 3.8) is 0 Å². The molecular formula is C26H43KO8S. The second-order valence-electron chi connectivity index (χ2n) is 8.54. The monoisotopic (exact) mass is 554 g/mol. The van der Waals surface area contributed by atoms with Gasteiger partial charge in [-0.25, -0.2) is 0 Å². The number of carboxylic acid groups (broad SMARTS) is 2. The molecule has 36 heavy (non-hydrogen) atoms. The summed E-state index contributed by atoms with van der Waals surface area (Å²) in [6.45, 7) is 5.98. The van der Waals surface area contributed by atoms with E-state index in [1.54, 1.807) is 6.61 Å². The van der Waals surface area contributed by atoms with E-state index < -0.39 is 33.7 Å². The molecule has 0 saturated heterocycles. The van der Waals surface area contributed by atoms with Crippen molar-refractivity contribution in [3.05, 3.63) is 36.4 Å². The standard InChI is InChI=1S/C22H37O.C4H6O7S.K/c1-3-5-6-7-8-9-10-11-12-13-14-15-18-21-19-16-17-20-22(21)23-4-2;5-3(6)1-2(4(7)8)12(9,10)11;/h4,16-17,19-20H,3,5-15,18H2,1-2H3;2H,1H2,(H,5,6)(H,7,8)(H,9,10,11);/q-1;;+1. The van der Waals surface area contributed by atoms with E-state index >= 15 is 0 Å². The number of para-hydroxylation sites is 1. The number of carboxylic acids is 2. The molecule has 0 bridgehead atoms. The van der Waals surface area contributed by atoms with Gasteiger partial charge in [-0.15, -0.1) is 0 Å². The van der Waals surface area contributed by atoms with Crippen LogP contribution in [0.25, 0.3) is 0 Å². The van der Waals surface area contributed by atoms with Gasteiger partial charge in [-0.3, -0.25) is 14.1 Å². The molecule has 0 heterocycles. The second-order valence-corrected chi connectivity index (χ2v) is 10.1. The third-order valence-electron chi connectivity index (χ3n) is 5.51. The van der Waals surface area contributed by atoms with Crippen LogP contribution in [0.3, 0.4) is 0 Å². The topological polar surface area (TPSA) is 138 Å². The molecule has 1 aromatic carbocycles. The summed E-state index contributed by atoms with van der Waals surface area (Å²) >= 11 is 0. The maximum Gasteiger partial charge on any atom is 1.00 e. The van der Waals surface area contributed by atoms with Gasteiger partial charge in [0.25, 0.3) is 10.1 Å². The molecule has 0 fully saturated rings. The van der Waals surface area contributed by atoms with Crippen molar-refractivity contribution in [1.82, 2.24) is 0 Å². The number of hydrogen-bond donors (Lipinski definition) is 3. The Morgan fingerprint density at radius 2 is 1.36 bits per heavy atom. The Labute approximate surface area is 259 Å². The molecule has 1 unspecified atom stereocenters. The molecule has 0 aliphatic heterocycles. The van der Waals surface area contributed by atoms with Crippen molar-refractivity contribution in [3.8, 4) is 5.75 Å². The Kier molecular flexibility index (Phi) is 24.7. The summed E-state index contributed by atoms with van der Waals surface area (Å²) < 4.78 is 34.2. The number of hydrogen-bond acceptors (Lipinski definition) is 5. The van der Waals surface area contributed by atoms with Gasteiger partial charge in [0, 0.05) is 0 Å². The minimum Gasteiger partial charge on any atom is -0.662 e. The van der Waals surface area contributed by atoms with Gasteiger partial charge < -0.3 is 14.9 Å². The van der Waals surface area contributed by atoms with E-state index in [2.05, 4.69) is 25.1 Å². The third kappa shape index (κ3) is 20.6. The summed E-state index contributed by atoms with van der Waals surface area (Å²) in [7, 11) is -4.84. The maximum absolute atomic E-state index is 10.2. The zero-order valence-electron chi connectivity index (χ0n) is 22.2. The molecule has 0 radical (unpaired) electrons. The van der Waals surface area contributed by atoms with Crippen LogP contribution in [0.1, 0.15) is 103 Å². The van der Waals surface area contributed by atoms with Gasteiger partial charge in [-0.2, -0.15) is 21.9 Å². The molecule has 3 N–H and O–H groups in total. The van der Waals surface area contributed by atoms with Crippen LogP contribution in [0.15, 0.2) is 24.3 Å². The van der Waals surface area contributed by atoms with E-state index in [-0.39, 0.29) is 51.4 Å². The molecule has 0 aliphatic rings. The molecule has 8 nitrogen and oxygen atoms in total. The smallest absolute Gasteiger partial charge is 0.662 e. The predicted octanol–water partition coefficient (Wildman–Crippen LogP) is 3.30. The van der Waals surface area contributed by atoms with Crippen molar-refractivity contribution >= 4 is 22.1 Å². The Morgan fingerprint density at radius 1 is 0.889 bits per heavy atom. The van der Waals surface area contributed by atoms with Gasteiger partial charge in [0.15, 0.2) is 5.25 Å². The van der Waals surface area contributed by atoms with E-state index in [9.17, 15) is 18.0 Å². The van der Waals surface area contributed by atoms with Crippen molar-refractivity contribution in [2.45, 2.75) is 109 Å². The van der Waals surface area contributed by atoms with E-state index in [0.29, 0.717) is 0 Å². The average Bonchev–Trinajstić information content (AvgIpc) is 2.79. The van der Waals surface area contributed by atoms with Gasteiger partial charge in [-0.05, 0) is 24.5 Å². The maximum atomic E-state index is 10.2. The van der Waals surface area contributed by atoms with Crippen LogP contribution in [-0.4, -0.2) is 40.4 Å². The first-order valence-corrected chi connectivity index (χ1v) is 14.1. The molecule has 0 aliphatic carbocycles. The fourth-order valence-electron chi connectivity index (χ4n) is 3.59. The summed E-state index contributed by atoms with van der Waals surface area (Å²) in [4.78, 5) is 20.0. The van der Waals surface area contributed by atoms with Gasteiger partial charge in [0.2, 0.25) is 0 Å². The van der Waals surface area contributed by atoms with E-state index in [4.69, 9.17) is 19.5 Å². The number of aryl methyl sites for hydroxylation is 1. The molecule has 10 heteroatoms. The largest absolute Gasteiger partial charge is 1.00 e. The van der Waals surface area contributed by atoms with E-state index in [0.717, 1.165) is 12.2 Å². The zero-order valence-corrected chi connectivity index (χ0v) is 26.1. The van der Waals surface area contributed by atoms with Crippen LogP contribution < -0.4 is 56.1 Å². The minimum absolute atomic E-state index is 0. The summed E-state index contributed by atoms with van der Waals surface area (Å²) in [6.07, 6.45) is 16.8. The molecular weight excluding hydrogens is 511 g/mol. The molecule has 0 amide bonds. The van der Waals surface area contributed by atoms with Crippen molar-refractivity contribution in [1.29, 1.82) is 0 Å². The van der Waals surface area contributed by atoms with Gasteiger partial charge in [-0.1, -0.05) is 95.8 Å². The number of benzene rings is 1. The van der Waals surface area contributed by atoms with Crippen LogP contribution in [-0.2, 0) is 26.1 Å². The fourth-order valence-corrected chi connectivity index (χ4v) is 4.20. The fraction of sp³-hybridized carbons (Fsp3) is 0.654. The zero-order chi connectivity index (χ0) is 26.5. The Morgan fingerprint density at radius 3 is 1.75 bits per heavy atom. The summed E-state index contributed by atoms with van der Waals surface area (Å²) in [5, 5.41) is 13.9. The van der Waals surface area contributed by atoms with Crippen LogP contribution in [0.5, 0.6) is 5.75 Å². The molecule has 1 aromatic rings. The molecule has 1 atom stereocenters. The van der Waals surface area contributed by atoms with E-state index in [1.807, 2.05) is 13.0 Å². The van der Waals surface area contributed by atoms with Crippen LogP contribution in [0, 0.1) is 6.61 Å². The number of carbonyl (C=O) groups is 2. The predicted molar refractivity (Wildman–Crippen MR) is 137 cm³/mol. The minimum atomic E-state index is -4.84. The summed E-state index contributed by atoms with van der Waals surface area (Å²) in [5.74, 6) is -2.47. The summed E-state index contributed by atoms with van der Waals surface area (Å²) in [6, 6.07) is 8.41. The van der Waals surface area contributed by atoms with Crippen molar-refractivity contribution < 1.29 is 88.9 Å².